The summed E-state index contributed by atoms with van der Waals surface area (Å²) in [6.07, 6.45) is 0. The largest absolute Gasteiger partial charge is 0.491 e. The summed E-state index contributed by atoms with van der Waals surface area (Å²) in [6.45, 7) is 2.33. The summed E-state index contributed by atoms with van der Waals surface area (Å²) in [4.78, 5) is 16.0. The SMILES string of the molecule is Cc1nc(NC2COc3ccccc32)cc2n[nH]c(=O)n12. The number of aryl methyl sites for hydroxylation is 1. The molecule has 7 heteroatoms. The van der Waals surface area contributed by atoms with Crippen LogP contribution in [0.2, 0.25) is 0 Å². The van der Waals surface area contributed by atoms with Crippen LogP contribution in [0.1, 0.15) is 17.4 Å². The van der Waals surface area contributed by atoms with Crippen molar-refractivity contribution in [1.82, 2.24) is 19.6 Å². The van der Waals surface area contributed by atoms with Crippen molar-refractivity contribution >= 4 is 11.5 Å². The second kappa shape index (κ2) is 4.34. The summed E-state index contributed by atoms with van der Waals surface area (Å²) in [6, 6.07) is 9.70. The topological polar surface area (TPSA) is 84.3 Å². The van der Waals surface area contributed by atoms with Gasteiger partial charge in [0.2, 0.25) is 0 Å². The molecule has 1 aliphatic heterocycles. The van der Waals surface area contributed by atoms with Gasteiger partial charge in [-0.15, -0.1) is 0 Å². The molecule has 0 saturated carbocycles. The molecular weight excluding hydrogens is 270 g/mol. The molecule has 0 radical (unpaired) electrons. The highest BCUT2D eigenvalue weighted by Gasteiger charge is 2.24. The summed E-state index contributed by atoms with van der Waals surface area (Å²) in [5, 5.41) is 9.73. The van der Waals surface area contributed by atoms with Crippen LogP contribution < -0.4 is 15.7 Å². The van der Waals surface area contributed by atoms with Gasteiger partial charge in [0.15, 0.2) is 5.65 Å². The van der Waals surface area contributed by atoms with Gasteiger partial charge in [-0.2, -0.15) is 5.10 Å². The number of fused-ring (bicyclic) bond motifs is 2. The fourth-order valence-corrected chi connectivity index (χ4v) is 2.63. The van der Waals surface area contributed by atoms with Crippen LogP contribution in [0.5, 0.6) is 5.75 Å². The predicted molar refractivity (Wildman–Crippen MR) is 76.6 cm³/mol. The lowest BCUT2D eigenvalue weighted by atomic mass is 10.1. The molecule has 4 rings (SSSR count). The fourth-order valence-electron chi connectivity index (χ4n) is 2.63. The Morgan fingerprint density at radius 1 is 1.43 bits per heavy atom. The number of nitrogens with zero attached hydrogens (tertiary/aromatic N) is 3. The number of benzene rings is 1. The van der Waals surface area contributed by atoms with Gasteiger partial charge in [0, 0.05) is 11.6 Å². The zero-order valence-electron chi connectivity index (χ0n) is 11.3. The minimum absolute atomic E-state index is 0.0428. The number of aromatic amines is 1. The molecule has 0 spiro atoms. The van der Waals surface area contributed by atoms with Crippen LogP contribution >= 0.6 is 0 Å². The summed E-state index contributed by atoms with van der Waals surface area (Å²) in [5.41, 5.74) is 1.37. The van der Waals surface area contributed by atoms with E-state index in [0.29, 0.717) is 23.9 Å². The van der Waals surface area contributed by atoms with Crippen molar-refractivity contribution in [3.8, 4) is 5.75 Å². The molecule has 0 saturated heterocycles. The van der Waals surface area contributed by atoms with Crippen LogP contribution in [0.4, 0.5) is 5.82 Å². The third kappa shape index (κ3) is 1.85. The Balaban J connectivity index is 1.71. The van der Waals surface area contributed by atoms with Crippen LogP contribution in [0.3, 0.4) is 0 Å². The van der Waals surface area contributed by atoms with E-state index in [2.05, 4.69) is 20.5 Å². The zero-order valence-corrected chi connectivity index (χ0v) is 11.3. The molecular formula is C14H13N5O2. The number of hydrogen-bond donors (Lipinski definition) is 2. The van der Waals surface area contributed by atoms with E-state index in [0.717, 1.165) is 11.3 Å². The maximum atomic E-state index is 11.6. The maximum absolute atomic E-state index is 11.6. The molecule has 1 atom stereocenters. The standard InChI is InChI=1S/C14H13N5O2/c1-8-15-12(6-13-17-18-14(20)19(8)13)16-10-7-21-11-5-3-2-4-9(10)11/h2-6,10,16H,7H2,1H3,(H,18,20). The highest BCUT2D eigenvalue weighted by Crippen LogP contribution is 2.33. The average Bonchev–Trinajstić information content (AvgIpc) is 3.04. The molecule has 0 amide bonds. The van der Waals surface area contributed by atoms with Crippen molar-refractivity contribution in [1.29, 1.82) is 0 Å². The monoisotopic (exact) mass is 283 g/mol. The summed E-state index contributed by atoms with van der Waals surface area (Å²) in [7, 11) is 0. The van der Waals surface area contributed by atoms with Crippen molar-refractivity contribution < 1.29 is 4.74 Å². The van der Waals surface area contributed by atoms with Gasteiger partial charge in [-0.3, -0.25) is 0 Å². The van der Waals surface area contributed by atoms with Crippen molar-refractivity contribution in [3.63, 3.8) is 0 Å². The smallest absolute Gasteiger partial charge is 0.349 e. The molecule has 1 unspecified atom stereocenters. The minimum Gasteiger partial charge on any atom is -0.491 e. The van der Waals surface area contributed by atoms with Crippen LogP contribution in [-0.2, 0) is 0 Å². The first-order valence-corrected chi connectivity index (χ1v) is 6.65. The highest BCUT2D eigenvalue weighted by molar-refractivity contribution is 5.52. The van der Waals surface area contributed by atoms with E-state index < -0.39 is 0 Å². The lowest BCUT2D eigenvalue weighted by Crippen LogP contribution is -2.16. The van der Waals surface area contributed by atoms with Gasteiger partial charge in [0.1, 0.15) is 24.0 Å². The molecule has 2 N–H and O–H groups in total. The number of para-hydroxylation sites is 1. The fraction of sp³-hybridized carbons (Fsp3) is 0.214. The molecule has 3 aromatic rings. The number of ether oxygens (including phenoxy) is 1. The Labute approximate surface area is 119 Å². The first-order valence-electron chi connectivity index (χ1n) is 6.65. The molecule has 2 aromatic heterocycles. The summed E-state index contributed by atoms with van der Waals surface area (Å²) in [5.74, 6) is 2.15. The molecule has 7 nitrogen and oxygen atoms in total. The second-order valence-electron chi connectivity index (χ2n) is 4.96. The second-order valence-corrected chi connectivity index (χ2v) is 4.96. The van der Waals surface area contributed by atoms with Crippen molar-refractivity contribution in [3.05, 3.63) is 52.2 Å². The summed E-state index contributed by atoms with van der Waals surface area (Å²) < 4.78 is 7.07. The average molecular weight is 283 g/mol. The van der Waals surface area contributed by atoms with E-state index in [1.165, 1.54) is 4.40 Å². The molecule has 21 heavy (non-hydrogen) atoms. The van der Waals surface area contributed by atoms with Gasteiger partial charge >= 0.3 is 5.69 Å². The number of rotatable bonds is 2. The zero-order chi connectivity index (χ0) is 14.4. The van der Waals surface area contributed by atoms with Gasteiger partial charge in [0.25, 0.3) is 0 Å². The Kier molecular flexibility index (Phi) is 2.47. The van der Waals surface area contributed by atoms with E-state index in [9.17, 15) is 4.79 Å². The maximum Gasteiger partial charge on any atom is 0.349 e. The number of H-pyrrole nitrogens is 1. The molecule has 0 fully saturated rings. The Hall–Kier alpha value is -2.83. The van der Waals surface area contributed by atoms with E-state index >= 15 is 0 Å². The van der Waals surface area contributed by atoms with Gasteiger partial charge in [-0.25, -0.2) is 19.3 Å². The van der Waals surface area contributed by atoms with Crippen LogP contribution in [0, 0.1) is 6.92 Å². The van der Waals surface area contributed by atoms with Crippen molar-refractivity contribution in [2.75, 3.05) is 11.9 Å². The number of aromatic nitrogens is 4. The van der Waals surface area contributed by atoms with E-state index in [1.54, 1.807) is 13.0 Å². The molecule has 0 aliphatic carbocycles. The van der Waals surface area contributed by atoms with Gasteiger partial charge in [-0.1, -0.05) is 18.2 Å². The quantitative estimate of drug-likeness (QED) is 0.740. The minimum atomic E-state index is -0.281. The van der Waals surface area contributed by atoms with Crippen LogP contribution in [0.25, 0.3) is 5.65 Å². The molecule has 1 aromatic carbocycles. The van der Waals surface area contributed by atoms with Gasteiger partial charge in [-0.05, 0) is 13.0 Å². The molecule has 3 heterocycles. The van der Waals surface area contributed by atoms with Crippen molar-refractivity contribution in [2.45, 2.75) is 13.0 Å². The van der Waals surface area contributed by atoms with Crippen molar-refractivity contribution in [2.24, 2.45) is 0 Å². The lowest BCUT2D eigenvalue weighted by molar-refractivity contribution is 0.339. The molecule has 1 aliphatic rings. The number of nitrogens with one attached hydrogen (secondary N) is 2. The first-order chi connectivity index (χ1) is 10.2. The van der Waals surface area contributed by atoms with Gasteiger partial charge < -0.3 is 10.1 Å². The Bertz CT molecular complexity index is 882. The lowest BCUT2D eigenvalue weighted by Gasteiger charge is -2.13. The van der Waals surface area contributed by atoms with Gasteiger partial charge in [0.05, 0.1) is 6.04 Å². The first kappa shape index (κ1) is 12.0. The highest BCUT2D eigenvalue weighted by atomic mass is 16.5. The number of anilines is 1. The third-order valence-corrected chi connectivity index (χ3v) is 3.59. The Morgan fingerprint density at radius 2 is 2.29 bits per heavy atom. The normalized spacial score (nSPS) is 16.7. The third-order valence-electron chi connectivity index (χ3n) is 3.59. The Morgan fingerprint density at radius 3 is 3.19 bits per heavy atom. The van der Waals surface area contributed by atoms with Crippen LogP contribution in [0.15, 0.2) is 35.1 Å². The van der Waals surface area contributed by atoms with E-state index in [1.807, 2.05) is 24.3 Å². The van der Waals surface area contributed by atoms with Crippen LogP contribution in [-0.4, -0.2) is 26.2 Å². The van der Waals surface area contributed by atoms with E-state index in [-0.39, 0.29) is 11.7 Å². The predicted octanol–water partition coefficient (Wildman–Crippen LogP) is 1.27. The summed E-state index contributed by atoms with van der Waals surface area (Å²) >= 11 is 0. The molecule has 106 valence electrons. The van der Waals surface area contributed by atoms with E-state index in [4.69, 9.17) is 4.74 Å². The molecule has 0 bridgehead atoms. The number of hydrogen-bond acceptors (Lipinski definition) is 5.